The molecule has 0 atom stereocenters. The van der Waals surface area contributed by atoms with Crippen molar-refractivity contribution in [2.75, 3.05) is 0 Å². The highest BCUT2D eigenvalue weighted by Gasteiger charge is 2.12. The number of hydrogen-bond donors (Lipinski definition) is 0. The minimum atomic E-state index is 0.710. The van der Waals surface area contributed by atoms with Crippen LogP contribution < -0.4 is 0 Å². The quantitative estimate of drug-likeness (QED) is 0.822. The summed E-state index contributed by atoms with van der Waals surface area (Å²) in [5.74, 6) is 0. The monoisotopic (exact) mass is 238 g/mol. The molecule has 0 bridgehead atoms. The Morgan fingerprint density at radius 3 is 2.69 bits per heavy atom. The van der Waals surface area contributed by atoms with Crippen LogP contribution in [0.5, 0.6) is 0 Å². The second kappa shape index (κ2) is 4.29. The lowest BCUT2D eigenvalue weighted by molar-refractivity contribution is 0.659. The van der Waals surface area contributed by atoms with Crippen LogP contribution in [0.25, 0.3) is 0 Å². The number of aryl methyl sites for hydroxylation is 3. The largest absolute Gasteiger partial charge is 0.273 e. The lowest BCUT2D eigenvalue weighted by Crippen LogP contribution is -1.93. The summed E-state index contributed by atoms with van der Waals surface area (Å²) in [6, 6.07) is 0. The van der Waals surface area contributed by atoms with E-state index in [4.69, 9.17) is 11.6 Å². The van der Waals surface area contributed by atoms with Crippen molar-refractivity contribution in [3.63, 3.8) is 0 Å². The van der Waals surface area contributed by atoms with Gasteiger partial charge in [-0.1, -0.05) is 11.6 Å². The van der Waals surface area contributed by atoms with Crippen molar-refractivity contribution in [1.29, 1.82) is 0 Å². The molecule has 5 heteroatoms. The molecule has 0 radical (unpaired) electrons. The van der Waals surface area contributed by atoms with E-state index in [2.05, 4.69) is 17.1 Å². The highest BCUT2D eigenvalue weighted by molar-refractivity contribution is 6.30. The first-order chi connectivity index (χ1) is 7.61. The molecule has 0 N–H and O–H groups in total. The van der Waals surface area contributed by atoms with E-state index in [1.807, 2.05) is 31.0 Å². The highest BCUT2D eigenvalue weighted by Crippen LogP contribution is 2.21. The standard InChI is InChI=1S/C11H15ClN4/c1-4-16-7-9(6-13-16)5-10-8(2)14-15(3)11(10)12/h6-7H,4-5H2,1-3H3. The maximum Gasteiger partial charge on any atom is 0.130 e. The zero-order valence-electron chi connectivity index (χ0n) is 9.74. The Bertz CT molecular complexity index is 498. The van der Waals surface area contributed by atoms with Gasteiger partial charge >= 0.3 is 0 Å². The van der Waals surface area contributed by atoms with Gasteiger partial charge in [0.25, 0.3) is 0 Å². The van der Waals surface area contributed by atoms with Crippen molar-refractivity contribution in [2.45, 2.75) is 26.8 Å². The van der Waals surface area contributed by atoms with Crippen LogP contribution in [0.4, 0.5) is 0 Å². The molecule has 0 amide bonds. The van der Waals surface area contributed by atoms with Gasteiger partial charge in [0.05, 0.1) is 11.9 Å². The average molecular weight is 239 g/mol. The Morgan fingerprint density at radius 1 is 1.44 bits per heavy atom. The van der Waals surface area contributed by atoms with Crippen molar-refractivity contribution in [3.05, 3.63) is 34.4 Å². The van der Waals surface area contributed by atoms with E-state index in [1.165, 1.54) is 5.56 Å². The molecule has 0 aliphatic heterocycles. The van der Waals surface area contributed by atoms with Crippen LogP contribution in [0.1, 0.15) is 23.7 Å². The Balaban J connectivity index is 2.26. The van der Waals surface area contributed by atoms with Crippen LogP contribution in [0.3, 0.4) is 0 Å². The molecule has 4 nitrogen and oxygen atoms in total. The summed E-state index contributed by atoms with van der Waals surface area (Å²) >= 11 is 6.18. The van der Waals surface area contributed by atoms with E-state index >= 15 is 0 Å². The van der Waals surface area contributed by atoms with E-state index in [9.17, 15) is 0 Å². The molecular formula is C11H15ClN4. The molecule has 2 heterocycles. The maximum atomic E-state index is 6.18. The van der Waals surface area contributed by atoms with Gasteiger partial charge in [0.15, 0.2) is 0 Å². The molecule has 2 rings (SSSR count). The normalized spacial score (nSPS) is 11.0. The zero-order chi connectivity index (χ0) is 11.7. The number of halogens is 1. The van der Waals surface area contributed by atoms with Gasteiger partial charge in [-0.25, -0.2) is 0 Å². The molecule has 0 spiro atoms. The summed E-state index contributed by atoms with van der Waals surface area (Å²) < 4.78 is 3.62. The van der Waals surface area contributed by atoms with E-state index in [1.54, 1.807) is 4.68 Å². The smallest absolute Gasteiger partial charge is 0.130 e. The molecule has 0 unspecified atom stereocenters. The van der Waals surface area contributed by atoms with Crippen LogP contribution >= 0.6 is 11.6 Å². The first-order valence-corrected chi connectivity index (χ1v) is 5.69. The van der Waals surface area contributed by atoms with Crippen molar-refractivity contribution in [1.82, 2.24) is 19.6 Å². The van der Waals surface area contributed by atoms with Crippen molar-refractivity contribution in [3.8, 4) is 0 Å². The van der Waals surface area contributed by atoms with Gasteiger partial charge in [-0.15, -0.1) is 0 Å². The number of rotatable bonds is 3. The molecule has 0 aliphatic rings. The summed E-state index contributed by atoms with van der Waals surface area (Å²) in [5, 5.41) is 9.24. The molecule has 0 aromatic carbocycles. The first kappa shape index (κ1) is 11.2. The predicted octanol–water partition coefficient (Wildman–Crippen LogP) is 2.19. The summed E-state index contributed by atoms with van der Waals surface area (Å²) in [6.07, 6.45) is 4.72. The Labute approximate surface area is 99.8 Å². The molecular weight excluding hydrogens is 224 g/mol. The first-order valence-electron chi connectivity index (χ1n) is 5.31. The second-order valence-electron chi connectivity index (χ2n) is 3.86. The van der Waals surface area contributed by atoms with Crippen molar-refractivity contribution < 1.29 is 0 Å². The molecule has 86 valence electrons. The third-order valence-electron chi connectivity index (χ3n) is 2.66. The van der Waals surface area contributed by atoms with Crippen LogP contribution in [-0.2, 0) is 20.0 Å². The fraction of sp³-hybridized carbons (Fsp3) is 0.455. The maximum absolute atomic E-state index is 6.18. The zero-order valence-corrected chi connectivity index (χ0v) is 10.5. The molecule has 0 saturated heterocycles. The van der Waals surface area contributed by atoms with E-state index in [0.29, 0.717) is 5.15 Å². The van der Waals surface area contributed by atoms with Crippen molar-refractivity contribution >= 4 is 11.6 Å². The van der Waals surface area contributed by atoms with Gasteiger partial charge in [-0.2, -0.15) is 10.2 Å². The van der Waals surface area contributed by atoms with Crippen LogP contribution in [0.15, 0.2) is 12.4 Å². The molecule has 0 saturated carbocycles. The number of hydrogen-bond acceptors (Lipinski definition) is 2. The van der Waals surface area contributed by atoms with Gasteiger partial charge in [0.2, 0.25) is 0 Å². The molecule has 0 fully saturated rings. The second-order valence-corrected chi connectivity index (χ2v) is 4.22. The Hall–Kier alpha value is -1.29. The Morgan fingerprint density at radius 2 is 2.19 bits per heavy atom. The minimum Gasteiger partial charge on any atom is -0.273 e. The van der Waals surface area contributed by atoms with E-state index in [0.717, 1.165) is 24.2 Å². The topological polar surface area (TPSA) is 35.6 Å². The summed E-state index contributed by atoms with van der Waals surface area (Å²) in [4.78, 5) is 0. The third kappa shape index (κ3) is 1.97. The third-order valence-corrected chi connectivity index (χ3v) is 3.13. The molecule has 2 aromatic rings. The summed E-state index contributed by atoms with van der Waals surface area (Å²) in [6.45, 7) is 4.93. The summed E-state index contributed by atoms with van der Waals surface area (Å²) in [5.41, 5.74) is 3.23. The van der Waals surface area contributed by atoms with Gasteiger partial charge in [-0.05, 0) is 19.4 Å². The van der Waals surface area contributed by atoms with Gasteiger partial charge in [0.1, 0.15) is 5.15 Å². The fourth-order valence-electron chi connectivity index (χ4n) is 1.75. The lowest BCUT2D eigenvalue weighted by atomic mass is 10.1. The molecule has 16 heavy (non-hydrogen) atoms. The van der Waals surface area contributed by atoms with E-state index in [-0.39, 0.29) is 0 Å². The summed E-state index contributed by atoms with van der Waals surface area (Å²) in [7, 11) is 1.86. The van der Waals surface area contributed by atoms with Crippen LogP contribution in [0, 0.1) is 6.92 Å². The number of aromatic nitrogens is 4. The fourth-order valence-corrected chi connectivity index (χ4v) is 1.99. The van der Waals surface area contributed by atoms with Gasteiger partial charge in [0, 0.05) is 31.8 Å². The van der Waals surface area contributed by atoms with Gasteiger partial charge < -0.3 is 0 Å². The lowest BCUT2D eigenvalue weighted by Gasteiger charge is -1.97. The average Bonchev–Trinajstić information content (AvgIpc) is 2.80. The molecule has 2 aromatic heterocycles. The SMILES string of the molecule is CCn1cc(Cc2c(C)nn(C)c2Cl)cn1. The van der Waals surface area contributed by atoms with Gasteiger partial charge in [-0.3, -0.25) is 9.36 Å². The van der Waals surface area contributed by atoms with E-state index < -0.39 is 0 Å². The van der Waals surface area contributed by atoms with Crippen LogP contribution in [0.2, 0.25) is 5.15 Å². The molecule has 0 aliphatic carbocycles. The number of nitrogens with zero attached hydrogens (tertiary/aromatic N) is 4. The minimum absolute atomic E-state index is 0.710. The highest BCUT2D eigenvalue weighted by atomic mass is 35.5. The van der Waals surface area contributed by atoms with Crippen molar-refractivity contribution in [2.24, 2.45) is 7.05 Å². The Kier molecular flexibility index (Phi) is 3.01. The predicted molar refractivity (Wildman–Crippen MR) is 63.7 cm³/mol. The van der Waals surface area contributed by atoms with Crippen LogP contribution in [-0.4, -0.2) is 19.6 Å².